The van der Waals surface area contributed by atoms with Crippen molar-refractivity contribution in [2.24, 2.45) is 5.92 Å². The molecular formula is C11H16N2O2. The molecule has 0 spiro atoms. The fourth-order valence-corrected chi connectivity index (χ4v) is 1.99. The average Bonchev–Trinajstić information content (AvgIpc) is 2.77. The second kappa shape index (κ2) is 4.57. The van der Waals surface area contributed by atoms with Gasteiger partial charge in [-0.1, -0.05) is 0 Å². The van der Waals surface area contributed by atoms with E-state index in [-0.39, 0.29) is 12.0 Å². The van der Waals surface area contributed by atoms with Gasteiger partial charge in [-0.3, -0.25) is 4.68 Å². The summed E-state index contributed by atoms with van der Waals surface area (Å²) in [5.74, 6) is -0.00624. The van der Waals surface area contributed by atoms with Gasteiger partial charge < -0.3 is 9.53 Å². The molecule has 0 N–H and O–H groups in total. The zero-order valence-electron chi connectivity index (χ0n) is 8.93. The molecule has 4 nitrogen and oxygen atoms in total. The summed E-state index contributed by atoms with van der Waals surface area (Å²) in [6.45, 7) is 3.63. The van der Waals surface area contributed by atoms with Crippen LogP contribution >= 0.6 is 0 Å². The van der Waals surface area contributed by atoms with Gasteiger partial charge in [0.15, 0.2) is 0 Å². The van der Waals surface area contributed by atoms with E-state index in [0.29, 0.717) is 0 Å². The lowest BCUT2D eigenvalue weighted by molar-refractivity contribution is -0.120. The molecule has 1 saturated heterocycles. The summed E-state index contributed by atoms with van der Waals surface area (Å²) in [5.41, 5.74) is 1.02. The first-order valence-corrected chi connectivity index (χ1v) is 5.44. The number of aryl methyl sites for hydroxylation is 1. The van der Waals surface area contributed by atoms with Crippen molar-refractivity contribution in [2.45, 2.75) is 32.4 Å². The summed E-state index contributed by atoms with van der Waals surface area (Å²) in [5, 5.41) is 4.20. The van der Waals surface area contributed by atoms with Crippen LogP contribution in [0.4, 0.5) is 0 Å². The summed E-state index contributed by atoms with van der Waals surface area (Å²) in [6, 6.07) is 0. The van der Waals surface area contributed by atoms with Crippen molar-refractivity contribution in [3.63, 3.8) is 0 Å². The molecule has 0 saturated carbocycles. The van der Waals surface area contributed by atoms with Gasteiger partial charge in [0.05, 0.1) is 12.3 Å². The molecule has 0 aromatic carbocycles. The number of aldehydes is 1. The van der Waals surface area contributed by atoms with E-state index in [9.17, 15) is 4.79 Å². The molecule has 0 radical (unpaired) electrons. The molecule has 15 heavy (non-hydrogen) atoms. The first kappa shape index (κ1) is 10.4. The van der Waals surface area contributed by atoms with Gasteiger partial charge in [-0.25, -0.2) is 0 Å². The van der Waals surface area contributed by atoms with Crippen LogP contribution in [-0.2, 0) is 16.1 Å². The van der Waals surface area contributed by atoms with E-state index in [1.54, 1.807) is 6.20 Å². The van der Waals surface area contributed by atoms with E-state index in [2.05, 4.69) is 5.10 Å². The van der Waals surface area contributed by atoms with Gasteiger partial charge in [0.25, 0.3) is 0 Å². The SMILES string of the molecule is CCn1cc([C@H]2OCCC[C@H]2C=O)cn1. The van der Waals surface area contributed by atoms with Crippen LogP contribution in [-0.4, -0.2) is 22.7 Å². The number of rotatable bonds is 3. The van der Waals surface area contributed by atoms with Gasteiger partial charge in [-0.05, 0) is 19.8 Å². The molecule has 0 unspecified atom stereocenters. The lowest BCUT2D eigenvalue weighted by atomic mass is 9.92. The van der Waals surface area contributed by atoms with Crippen LogP contribution in [0.2, 0.25) is 0 Å². The lowest BCUT2D eigenvalue weighted by Crippen LogP contribution is -2.23. The number of carbonyl (C=O) groups is 1. The first-order chi connectivity index (χ1) is 7.35. The van der Waals surface area contributed by atoms with Gasteiger partial charge >= 0.3 is 0 Å². The minimum atomic E-state index is -0.0865. The van der Waals surface area contributed by atoms with Crippen LogP contribution in [0.5, 0.6) is 0 Å². The Labute approximate surface area is 89.2 Å². The molecule has 2 atom stereocenters. The average molecular weight is 208 g/mol. The number of hydrogen-bond donors (Lipinski definition) is 0. The van der Waals surface area contributed by atoms with Crippen molar-refractivity contribution >= 4 is 6.29 Å². The molecule has 4 heteroatoms. The number of carbonyl (C=O) groups excluding carboxylic acids is 1. The summed E-state index contributed by atoms with van der Waals surface area (Å²) in [4.78, 5) is 10.9. The Morgan fingerprint density at radius 3 is 3.27 bits per heavy atom. The lowest BCUT2D eigenvalue weighted by Gasteiger charge is -2.27. The third-order valence-corrected chi connectivity index (χ3v) is 2.85. The van der Waals surface area contributed by atoms with E-state index in [1.165, 1.54) is 0 Å². The van der Waals surface area contributed by atoms with Crippen molar-refractivity contribution in [3.05, 3.63) is 18.0 Å². The second-order valence-corrected chi connectivity index (χ2v) is 3.86. The Hall–Kier alpha value is -1.16. The molecule has 1 aromatic rings. The second-order valence-electron chi connectivity index (χ2n) is 3.86. The molecule has 82 valence electrons. The molecule has 0 bridgehead atoms. The van der Waals surface area contributed by atoms with Crippen LogP contribution in [0.15, 0.2) is 12.4 Å². The summed E-state index contributed by atoms with van der Waals surface area (Å²) >= 11 is 0. The maximum absolute atomic E-state index is 10.9. The Morgan fingerprint density at radius 2 is 2.60 bits per heavy atom. The zero-order valence-corrected chi connectivity index (χ0v) is 8.93. The molecule has 1 aliphatic heterocycles. The van der Waals surface area contributed by atoms with Crippen LogP contribution in [0, 0.1) is 5.92 Å². The van der Waals surface area contributed by atoms with Crippen LogP contribution < -0.4 is 0 Å². The normalized spacial score (nSPS) is 26.5. The van der Waals surface area contributed by atoms with E-state index >= 15 is 0 Å². The molecule has 2 heterocycles. The Morgan fingerprint density at radius 1 is 1.73 bits per heavy atom. The van der Waals surface area contributed by atoms with Crippen molar-refractivity contribution in [3.8, 4) is 0 Å². The largest absolute Gasteiger partial charge is 0.373 e. The molecule has 0 aliphatic carbocycles. The van der Waals surface area contributed by atoms with E-state index in [1.807, 2.05) is 17.8 Å². The van der Waals surface area contributed by atoms with Gasteiger partial charge in [0.2, 0.25) is 0 Å². The van der Waals surface area contributed by atoms with Crippen LogP contribution in [0.1, 0.15) is 31.4 Å². The quantitative estimate of drug-likeness (QED) is 0.708. The van der Waals surface area contributed by atoms with Gasteiger partial charge in [0.1, 0.15) is 6.29 Å². The third kappa shape index (κ3) is 2.09. The molecule has 1 fully saturated rings. The summed E-state index contributed by atoms with van der Waals surface area (Å²) in [7, 11) is 0. The standard InChI is InChI=1S/C11H16N2O2/c1-2-13-7-10(6-12-13)11-9(8-14)4-3-5-15-11/h6-9,11H,2-5H2,1H3/t9-,11-/m0/s1. The van der Waals surface area contributed by atoms with Crippen LogP contribution in [0.25, 0.3) is 0 Å². The van der Waals surface area contributed by atoms with E-state index < -0.39 is 0 Å². The highest BCUT2D eigenvalue weighted by Gasteiger charge is 2.27. The smallest absolute Gasteiger partial charge is 0.126 e. The minimum absolute atomic E-state index is 0.00624. The highest BCUT2D eigenvalue weighted by molar-refractivity contribution is 5.55. The Kier molecular flexibility index (Phi) is 3.16. The Bertz CT molecular complexity index is 335. The van der Waals surface area contributed by atoms with Gasteiger partial charge in [-0.15, -0.1) is 0 Å². The zero-order chi connectivity index (χ0) is 10.7. The molecular weight excluding hydrogens is 192 g/mol. The summed E-state index contributed by atoms with van der Waals surface area (Å²) in [6.07, 6.45) is 6.58. The minimum Gasteiger partial charge on any atom is -0.373 e. The molecule has 2 rings (SSSR count). The fourth-order valence-electron chi connectivity index (χ4n) is 1.99. The van der Waals surface area contributed by atoms with E-state index in [0.717, 1.165) is 37.8 Å². The predicted molar refractivity (Wildman–Crippen MR) is 55.4 cm³/mol. The number of nitrogens with zero attached hydrogens (tertiary/aromatic N) is 2. The number of hydrogen-bond acceptors (Lipinski definition) is 3. The maximum atomic E-state index is 10.9. The topological polar surface area (TPSA) is 44.1 Å². The molecule has 1 aromatic heterocycles. The van der Waals surface area contributed by atoms with Gasteiger partial charge in [0, 0.05) is 30.8 Å². The van der Waals surface area contributed by atoms with Crippen molar-refractivity contribution < 1.29 is 9.53 Å². The van der Waals surface area contributed by atoms with Crippen LogP contribution in [0.3, 0.4) is 0 Å². The summed E-state index contributed by atoms with van der Waals surface area (Å²) < 4.78 is 7.50. The molecule has 0 amide bonds. The number of ether oxygens (including phenoxy) is 1. The van der Waals surface area contributed by atoms with Crippen molar-refractivity contribution in [1.29, 1.82) is 0 Å². The molecule has 1 aliphatic rings. The van der Waals surface area contributed by atoms with Gasteiger partial charge in [-0.2, -0.15) is 5.10 Å². The van der Waals surface area contributed by atoms with E-state index in [4.69, 9.17) is 4.74 Å². The van der Waals surface area contributed by atoms with Crippen molar-refractivity contribution in [1.82, 2.24) is 9.78 Å². The highest BCUT2D eigenvalue weighted by atomic mass is 16.5. The first-order valence-electron chi connectivity index (χ1n) is 5.44. The highest BCUT2D eigenvalue weighted by Crippen LogP contribution is 2.31. The maximum Gasteiger partial charge on any atom is 0.126 e. The van der Waals surface area contributed by atoms with Crippen molar-refractivity contribution in [2.75, 3.05) is 6.61 Å². The number of aromatic nitrogens is 2. The predicted octanol–water partition coefficient (Wildman–Crippen LogP) is 1.57. The fraction of sp³-hybridized carbons (Fsp3) is 0.636. The third-order valence-electron chi connectivity index (χ3n) is 2.85. The monoisotopic (exact) mass is 208 g/mol. The Balaban J connectivity index is 2.16.